The number of rotatable bonds is 3. The average Bonchev–Trinajstić information content (AvgIpc) is 2.77. The maximum absolute atomic E-state index is 6.13. The number of aromatic nitrogens is 2. The van der Waals surface area contributed by atoms with E-state index in [1.807, 2.05) is 32.0 Å². The lowest BCUT2D eigenvalue weighted by molar-refractivity contribution is 0.418. The van der Waals surface area contributed by atoms with Crippen molar-refractivity contribution in [2.24, 2.45) is 5.73 Å². The Morgan fingerprint density at radius 2 is 2.24 bits per heavy atom. The van der Waals surface area contributed by atoms with Gasteiger partial charge in [0.15, 0.2) is 5.82 Å². The minimum Gasteiger partial charge on any atom is -0.334 e. The number of hydrogen-bond donors (Lipinski definition) is 1. The highest BCUT2D eigenvalue weighted by molar-refractivity contribution is 6.33. The molecule has 2 N–H and O–H groups in total. The lowest BCUT2D eigenvalue weighted by Crippen LogP contribution is -2.10. The lowest BCUT2D eigenvalue weighted by atomic mass is 10.1. The van der Waals surface area contributed by atoms with Gasteiger partial charge in [0.1, 0.15) is 0 Å². The smallest absolute Gasteiger partial charge is 0.259 e. The maximum atomic E-state index is 6.13. The van der Waals surface area contributed by atoms with E-state index < -0.39 is 0 Å². The molecule has 90 valence electrons. The largest absolute Gasteiger partial charge is 0.334 e. The van der Waals surface area contributed by atoms with Crippen molar-refractivity contribution in [1.29, 1.82) is 0 Å². The standard InChI is InChI=1S/C12H14ClN3O/c1-7-3-4-9(10(13)5-7)12-15-11(16-17-12)8(2)6-14/h3-5,8H,6,14H2,1-2H3. The SMILES string of the molecule is Cc1ccc(-c2nc(C(C)CN)no2)c(Cl)c1. The Morgan fingerprint density at radius 1 is 1.47 bits per heavy atom. The predicted octanol–water partition coefficient (Wildman–Crippen LogP) is 2.76. The zero-order valence-corrected chi connectivity index (χ0v) is 10.5. The summed E-state index contributed by atoms with van der Waals surface area (Å²) in [4.78, 5) is 4.30. The van der Waals surface area contributed by atoms with E-state index in [-0.39, 0.29) is 5.92 Å². The Bertz CT molecular complexity index is 524. The fraction of sp³-hybridized carbons (Fsp3) is 0.333. The zero-order valence-electron chi connectivity index (χ0n) is 9.77. The molecule has 2 rings (SSSR count). The highest BCUT2D eigenvalue weighted by Crippen LogP contribution is 2.28. The van der Waals surface area contributed by atoms with Crippen LogP contribution in [0.2, 0.25) is 5.02 Å². The summed E-state index contributed by atoms with van der Waals surface area (Å²) in [6.07, 6.45) is 0. The van der Waals surface area contributed by atoms with Crippen LogP contribution in [0.1, 0.15) is 24.2 Å². The van der Waals surface area contributed by atoms with Crippen LogP contribution in [0.5, 0.6) is 0 Å². The van der Waals surface area contributed by atoms with Gasteiger partial charge >= 0.3 is 0 Å². The highest BCUT2D eigenvalue weighted by Gasteiger charge is 2.15. The monoisotopic (exact) mass is 251 g/mol. The van der Waals surface area contributed by atoms with Gasteiger partial charge in [-0.2, -0.15) is 4.98 Å². The molecule has 0 bridgehead atoms. The van der Waals surface area contributed by atoms with Gasteiger partial charge in [-0.25, -0.2) is 0 Å². The van der Waals surface area contributed by atoms with Gasteiger partial charge in [-0.1, -0.05) is 29.7 Å². The summed E-state index contributed by atoms with van der Waals surface area (Å²) in [6.45, 7) is 4.41. The number of nitrogens with zero attached hydrogens (tertiary/aromatic N) is 2. The molecule has 2 aromatic rings. The summed E-state index contributed by atoms with van der Waals surface area (Å²) < 4.78 is 5.19. The zero-order chi connectivity index (χ0) is 12.4. The number of nitrogens with two attached hydrogens (primary N) is 1. The van der Waals surface area contributed by atoms with E-state index in [2.05, 4.69) is 10.1 Å². The Labute approximate surface area is 105 Å². The van der Waals surface area contributed by atoms with E-state index in [1.54, 1.807) is 0 Å². The molecule has 0 aliphatic rings. The molecule has 0 aliphatic carbocycles. The summed E-state index contributed by atoms with van der Waals surface area (Å²) in [7, 11) is 0. The van der Waals surface area contributed by atoms with Crippen molar-refractivity contribution in [2.75, 3.05) is 6.54 Å². The van der Waals surface area contributed by atoms with Gasteiger partial charge in [-0.3, -0.25) is 0 Å². The predicted molar refractivity (Wildman–Crippen MR) is 67.0 cm³/mol. The lowest BCUT2D eigenvalue weighted by Gasteiger charge is -2.00. The van der Waals surface area contributed by atoms with Gasteiger partial charge in [0.25, 0.3) is 5.89 Å². The topological polar surface area (TPSA) is 64.9 Å². The summed E-state index contributed by atoms with van der Waals surface area (Å²) in [5, 5.41) is 4.51. The third-order valence-corrected chi connectivity index (χ3v) is 2.90. The minimum absolute atomic E-state index is 0.0803. The molecule has 0 aliphatic heterocycles. The van der Waals surface area contributed by atoms with Crippen LogP contribution in [0.4, 0.5) is 0 Å². The molecule has 1 heterocycles. The van der Waals surface area contributed by atoms with Crippen molar-refractivity contribution in [3.05, 3.63) is 34.6 Å². The van der Waals surface area contributed by atoms with Crippen LogP contribution in [-0.2, 0) is 0 Å². The summed E-state index contributed by atoms with van der Waals surface area (Å²) in [5.74, 6) is 1.13. The molecule has 1 unspecified atom stereocenters. The van der Waals surface area contributed by atoms with E-state index in [0.717, 1.165) is 11.1 Å². The van der Waals surface area contributed by atoms with Crippen LogP contribution in [0, 0.1) is 6.92 Å². The Kier molecular flexibility index (Phi) is 3.45. The number of aryl methyl sites for hydroxylation is 1. The highest BCUT2D eigenvalue weighted by atomic mass is 35.5. The second-order valence-corrected chi connectivity index (χ2v) is 4.48. The molecule has 0 radical (unpaired) electrons. The quantitative estimate of drug-likeness (QED) is 0.911. The second kappa shape index (κ2) is 4.85. The van der Waals surface area contributed by atoms with Gasteiger partial charge < -0.3 is 10.3 Å². The molecule has 0 saturated carbocycles. The molecule has 0 spiro atoms. The summed E-state index contributed by atoms with van der Waals surface area (Å²) in [6, 6.07) is 5.70. The number of halogens is 1. The van der Waals surface area contributed by atoms with Crippen molar-refractivity contribution < 1.29 is 4.52 Å². The molecule has 17 heavy (non-hydrogen) atoms. The van der Waals surface area contributed by atoms with Gasteiger partial charge in [-0.15, -0.1) is 0 Å². The van der Waals surface area contributed by atoms with Crippen LogP contribution in [-0.4, -0.2) is 16.7 Å². The van der Waals surface area contributed by atoms with Gasteiger partial charge in [0.05, 0.1) is 10.6 Å². The van der Waals surface area contributed by atoms with E-state index in [4.69, 9.17) is 21.9 Å². The Hall–Kier alpha value is -1.39. The van der Waals surface area contributed by atoms with Crippen molar-refractivity contribution in [2.45, 2.75) is 19.8 Å². The molecule has 0 saturated heterocycles. The third kappa shape index (κ3) is 2.48. The molecular weight excluding hydrogens is 238 g/mol. The molecule has 4 nitrogen and oxygen atoms in total. The van der Waals surface area contributed by atoms with Crippen molar-refractivity contribution in [1.82, 2.24) is 10.1 Å². The van der Waals surface area contributed by atoms with Gasteiger partial charge in [0, 0.05) is 12.5 Å². The van der Waals surface area contributed by atoms with E-state index >= 15 is 0 Å². The van der Waals surface area contributed by atoms with Crippen molar-refractivity contribution in [3.8, 4) is 11.5 Å². The second-order valence-electron chi connectivity index (χ2n) is 4.08. The third-order valence-electron chi connectivity index (χ3n) is 2.59. The Morgan fingerprint density at radius 3 is 2.88 bits per heavy atom. The molecule has 5 heteroatoms. The van der Waals surface area contributed by atoms with Crippen LogP contribution >= 0.6 is 11.6 Å². The fourth-order valence-electron chi connectivity index (χ4n) is 1.44. The first-order valence-electron chi connectivity index (χ1n) is 5.42. The number of benzene rings is 1. The molecule has 1 atom stereocenters. The van der Waals surface area contributed by atoms with Crippen LogP contribution < -0.4 is 5.73 Å². The van der Waals surface area contributed by atoms with Crippen LogP contribution in [0.25, 0.3) is 11.5 Å². The van der Waals surface area contributed by atoms with Crippen LogP contribution in [0.3, 0.4) is 0 Å². The van der Waals surface area contributed by atoms with Gasteiger partial charge in [-0.05, 0) is 24.6 Å². The van der Waals surface area contributed by atoms with E-state index in [9.17, 15) is 0 Å². The first-order valence-corrected chi connectivity index (χ1v) is 5.80. The average molecular weight is 252 g/mol. The van der Waals surface area contributed by atoms with E-state index in [0.29, 0.717) is 23.3 Å². The maximum Gasteiger partial charge on any atom is 0.259 e. The molecule has 0 amide bonds. The fourth-order valence-corrected chi connectivity index (χ4v) is 1.76. The normalized spacial score (nSPS) is 12.7. The van der Waals surface area contributed by atoms with E-state index in [1.165, 1.54) is 0 Å². The number of hydrogen-bond acceptors (Lipinski definition) is 4. The Balaban J connectivity index is 2.37. The molecule has 1 aromatic carbocycles. The molecule has 0 fully saturated rings. The van der Waals surface area contributed by atoms with Crippen LogP contribution in [0.15, 0.2) is 22.7 Å². The minimum atomic E-state index is 0.0803. The van der Waals surface area contributed by atoms with Gasteiger partial charge in [0.2, 0.25) is 0 Å². The molecule has 1 aromatic heterocycles. The first kappa shape index (κ1) is 12.1. The first-order chi connectivity index (χ1) is 8.11. The summed E-state index contributed by atoms with van der Waals surface area (Å²) >= 11 is 6.13. The van der Waals surface area contributed by atoms with Crippen molar-refractivity contribution >= 4 is 11.6 Å². The summed E-state index contributed by atoms with van der Waals surface area (Å²) in [5.41, 5.74) is 7.40. The van der Waals surface area contributed by atoms with Crippen molar-refractivity contribution in [3.63, 3.8) is 0 Å². The molecular formula is C12H14ClN3O.